The summed E-state index contributed by atoms with van der Waals surface area (Å²) in [6.45, 7) is 0. The molecule has 0 spiro atoms. The summed E-state index contributed by atoms with van der Waals surface area (Å²) in [5, 5.41) is 0. The molecular weight excluding hydrogens is 140 g/mol. The lowest BCUT2D eigenvalue weighted by Gasteiger charge is -1.95. The molecule has 0 aromatic carbocycles. The van der Waals surface area contributed by atoms with E-state index in [1.54, 1.807) is 6.07 Å². The van der Waals surface area contributed by atoms with Crippen molar-refractivity contribution in [2.75, 3.05) is 5.73 Å². The summed E-state index contributed by atoms with van der Waals surface area (Å²) in [4.78, 5) is 3.69. The van der Waals surface area contributed by atoms with Crippen LogP contribution >= 0.6 is 11.9 Å². The molecule has 0 saturated carbocycles. The number of nitrogens with two attached hydrogens (primary N) is 1. The van der Waals surface area contributed by atoms with Crippen molar-refractivity contribution >= 4 is 17.7 Å². The summed E-state index contributed by atoms with van der Waals surface area (Å²) < 4.78 is 4.27. The molecule has 1 radical (unpaired) electrons. The second-order valence-electron chi connectivity index (χ2n) is 1.38. The van der Waals surface area contributed by atoms with Crippen molar-refractivity contribution in [1.29, 1.82) is 0 Å². The monoisotopic (exact) mass is 143 g/mol. The first-order valence-electron chi connectivity index (χ1n) is 2.25. The molecule has 0 amide bonds. The van der Waals surface area contributed by atoms with Crippen LogP contribution in [0.15, 0.2) is 12.3 Å². The van der Waals surface area contributed by atoms with Crippen molar-refractivity contribution in [2.24, 2.45) is 0 Å². The highest BCUT2D eigenvalue weighted by atomic mass is 35.5. The first kappa shape index (κ1) is 6.16. The maximum absolute atomic E-state index is 5.28. The molecule has 0 unspecified atom stereocenters. The predicted molar refractivity (Wildman–Crippen MR) is 34.0 cm³/mol. The second-order valence-corrected chi connectivity index (χ2v) is 1.53. The molecule has 1 heterocycles. The number of hydrogen-bond donors (Lipinski definition) is 1. The van der Waals surface area contributed by atoms with Gasteiger partial charge in [0.1, 0.15) is 11.9 Å². The molecule has 1 aromatic heterocycles. The molecule has 2 N–H and O–H groups in total. The normalized spacial score (nSPS) is 9.00. The van der Waals surface area contributed by atoms with Gasteiger partial charge < -0.3 is 10.0 Å². The van der Waals surface area contributed by atoms with Crippen molar-refractivity contribution in [1.82, 2.24) is 4.98 Å². The summed E-state index contributed by atoms with van der Waals surface area (Å²) in [5.74, 6) is 0.506. The smallest absolute Gasteiger partial charge is 0.196 e. The molecule has 47 valence electrons. The number of anilines is 1. The lowest BCUT2D eigenvalue weighted by Crippen LogP contribution is -1.91. The van der Waals surface area contributed by atoms with Crippen molar-refractivity contribution in [3.05, 3.63) is 18.3 Å². The third-order valence-electron chi connectivity index (χ3n) is 0.812. The van der Waals surface area contributed by atoms with Crippen LogP contribution in [0.2, 0.25) is 0 Å². The Morgan fingerprint density at radius 2 is 2.56 bits per heavy atom. The Morgan fingerprint density at radius 1 is 1.78 bits per heavy atom. The largest absolute Gasteiger partial charge is 0.381 e. The van der Waals surface area contributed by atoms with Crippen molar-refractivity contribution in [3.8, 4) is 5.75 Å². The second kappa shape index (κ2) is 2.55. The SMILES string of the molecule is Nc1ncc[c]c1OCl. The van der Waals surface area contributed by atoms with E-state index < -0.39 is 0 Å². The Bertz CT molecular complexity index is 204. The molecule has 3 nitrogen and oxygen atoms in total. The zero-order valence-corrected chi connectivity index (χ0v) is 5.22. The first-order valence-corrected chi connectivity index (χ1v) is 2.56. The van der Waals surface area contributed by atoms with Crippen LogP contribution in [0.4, 0.5) is 5.82 Å². The molecular formula is C5H4ClN2O. The van der Waals surface area contributed by atoms with Gasteiger partial charge in [0, 0.05) is 12.3 Å². The summed E-state index contributed by atoms with van der Waals surface area (Å²) in [6, 6.07) is 4.21. The van der Waals surface area contributed by atoms with E-state index in [-0.39, 0.29) is 11.6 Å². The molecule has 1 rings (SSSR count). The molecule has 4 heteroatoms. The van der Waals surface area contributed by atoms with Crippen LogP contribution in [0, 0.1) is 6.07 Å². The van der Waals surface area contributed by atoms with Gasteiger partial charge in [-0.3, -0.25) is 0 Å². The molecule has 9 heavy (non-hydrogen) atoms. The average molecular weight is 144 g/mol. The van der Waals surface area contributed by atoms with Gasteiger partial charge in [0.15, 0.2) is 11.6 Å². The molecule has 0 aliphatic heterocycles. The van der Waals surface area contributed by atoms with E-state index in [0.717, 1.165) is 0 Å². The summed E-state index contributed by atoms with van der Waals surface area (Å²) in [6.07, 6.45) is 1.51. The zero-order chi connectivity index (χ0) is 6.69. The fourth-order valence-corrected chi connectivity index (χ4v) is 0.548. The van der Waals surface area contributed by atoms with E-state index in [2.05, 4.69) is 15.3 Å². The lowest BCUT2D eigenvalue weighted by molar-refractivity contribution is 0.617. The Kier molecular flexibility index (Phi) is 1.75. The topological polar surface area (TPSA) is 48.1 Å². The molecule has 0 saturated heterocycles. The van der Waals surface area contributed by atoms with Gasteiger partial charge in [0.05, 0.1) is 0 Å². The van der Waals surface area contributed by atoms with Crippen LogP contribution in [0.1, 0.15) is 0 Å². The number of hydrogen-bond acceptors (Lipinski definition) is 3. The van der Waals surface area contributed by atoms with Crippen molar-refractivity contribution in [3.63, 3.8) is 0 Å². The van der Waals surface area contributed by atoms with Crippen molar-refractivity contribution < 1.29 is 4.29 Å². The molecule has 1 aromatic rings. The first-order chi connectivity index (χ1) is 4.34. The van der Waals surface area contributed by atoms with E-state index in [9.17, 15) is 0 Å². The Morgan fingerprint density at radius 3 is 3.00 bits per heavy atom. The summed E-state index contributed by atoms with van der Waals surface area (Å²) >= 11 is 4.98. The molecule has 0 atom stereocenters. The standard InChI is InChI=1S/C5H4ClN2O/c6-9-4-2-1-3-8-5(4)7/h1,3H,(H2,7,8). The van der Waals surface area contributed by atoms with Crippen LogP contribution in [0.3, 0.4) is 0 Å². The van der Waals surface area contributed by atoms with E-state index in [1.807, 2.05) is 0 Å². The molecule has 0 fully saturated rings. The molecule has 0 bridgehead atoms. The number of nitrogen functional groups attached to an aromatic ring is 1. The maximum Gasteiger partial charge on any atom is 0.196 e. The van der Waals surface area contributed by atoms with Gasteiger partial charge in [0.2, 0.25) is 0 Å². The number of rotatable bonds is 1. The van der Waals surface area contributed by atoms with Gasteiger partial charge in [-0.1, -0.05) is 0 Å². The van der Waals surface area contributed by atoms with Crippen LogP contribution in [0.25, 0.3) is 0 Å². The number of aromatic nitrogens is 1. The van der Waals surface area contributed by atoms with Crippen LogP contribution in [0.5, 0.6) is 5.75 Å². The Balaban J connectivity index is 3.01. The summed E-state index contributed by atoms with van der Waals surface area (Å²) in [7, 11) is 0. The van der Waals surface area contributed by atoms with Crippen LogP contribution in [-0.2, 0) is 0 Å². The highest BCUT2D eigenvalue weighted by Crippen LogP contribution is 2.16. The number of nitrogens with zero attached hydrogens (tertiary/aromatic N) is 1. The number of pyridine rings is 1. The van der Waals surface area contributed by atoms with Gasteiger partial charge in [-0.15, -0.1) is 0 Å². The van der Waals surface area contributed by atoms with E-state index in [4.69, 9.17) is 17.6 Å². The van der Waals surface area contributed by atoms with E-state index in [1.165, 1.54) is 6.20 Å². The Hall–Kier alpha value is -0.960. The fraction of sp³-hybridized carbons (Fsp3) is 0. The highest BCUT2D eigenvalue weighted by molar-refractivity contribution is 6.09. The van der Waals surface area contributed by atoms with Crippen molar-refractivity contribution in [2.45, 2.75) is 0 Å². The quantitative estimate of drug-likeness (QED) is 0.638. The zero-order valence-electron chi connectivity index (χ0n) is 4.47. The summed E-state index contributed by atoms with van der Waals surface area (Å²) in [5.41, 5.74) is 5.28. The minimum atomic E-state index is 0.243. The van der Waals surface area contributed by atoms with Gasteiger partial charge >= 0.3 is 0 Å². The van der Waals surface area contributed by atoms with E-state index >= 15 is 0 Å². The third-order valence-corrected chi connectivity index (χ3v) is 0.967. The number of halogens is 1. The molecule has 0 aliphatic rings. The van der Waals surface area contributed by atoms with Gasteiger partial charge in [-0.05, 0) is 6.07 Å². The highest BCUT2D eigenvalue weighted by Gasteiger charge is 1.96. The van der Waals surface area contributed by atoms with Gasteiger partial charge in [-0.25, -0.2) is 4.98 Å². The predicted octanol–water partition coefficient (Wildman–Crippen LogP) is 0.997. The Labute approximate surface area is 57.6 Å². The fourth-order valence-electron chi connectivity index (χ4n) is 0.425. The maximum atomic E-state index is 5.28. The van der Waals surface area contributed by atoms with Crippen LogP contribution in [-0.4, -0.2) is 4.98 Å². The lowest BCUT2D eigenvalue weighted by atomic mass is 10.4. The van der Waals surface area contributed by atoms with Gasteiger partial charge in [-0.2, -0.15) is 0 Å². The van der Waals surface area contributed by atoms with E-state index in [0.29, 0.717) is 0 Å². The third kappa shape index (κ3) is 1.23. The van der Waals surface area contributed by atoms with Gasteiger partial charge in [0.25, 0.3) is 0 Å². The minimum Gasteiger partial charge on any atom is -0.381 e. The molecule has 0 aliphatic carbocycles. The average Bonchev–Trinajstić information content (AvgIpc) is 1.89. The minimum absolute atomic E-state index is 0.243. The van der Waals surface area contributed by atoms with Crippen LogP contribution < -0.4 is 10.0 Å².